The first kappa shape index (κ1) is 15.7. The maximum absolute atomic E-state index is 13.7. The number of ether oxygens (including phenoxy) is 1. The summed E-state index contributed by atoms with van der Waals surface area (Å²) in [4.78, 5) is 11.6. The summed E-state index contributed by atoms with van der Waals surface area (Å²) >= 11 is 0. The number of carbonyl (C=O) groups is 1. The van der Waals surface area contributed by atoms with E-state index in [1.54, 1.807) is 12.1 Å². The van der Waals surface area contributed by atoms with Crippen molar-refractivity contribution < 1.29 is 22.3 Å². The van der Waals surface area contributed by atoms with Crippen molar-refractivity contribution >= 4 is 16.1 Å². The lowest BCUT2D eigenvalue weighted by Gasteiger charge is -2.15. The van der Waals surface area contributed by atoms with Crippen LogP contribution in [0.3, 0.4) is 0 Å². The molecule has 0 unspecified atom stereocenters. The van der Waals surface area contributed by atoms with Gasteiger partial charge in [-0.2, -0.15) is 4.31 Å². The van der Waals surface area contributed by atoms with Crippen molar-refractivity contribution in [2.75, 3.05) is 19.3 Å². The van der Waals surface area contributed by atoms with Gasteiger partial charge in [0.15, 0.2) is 0 Å². The maximum atomic E-state index is 13.7. The Morgan fingerprint density at radius 1 is 1.38 bits per heavy atom. The van der Waals surface area contributed by atoms with Crippen LogP contribution in [0.15, 0.2) is 30.3 Å². The standard InChI is InChI=1S/C13H17FN2O4S/c1-21(18,19)16-7-11(14)12(8-16)15-13(17)20-9-10-5-3-2-4-6-10/h2-6,11-12H,7-9H2,1H3,(H,15,17)/t11-,12-/m0/s1. The van der Waals surface area contributed by atoms with Crippen molar-refractivity contribution in [3.8, 4) is 0 Å². The number of nitrogens with zero attached hydrogens (tertiary/aromatic N) is 1. The van der Waals surface area contributed by atoms with Gasteiger partial charge in [0.05, 0.1) is 12.3 Å². The smallest absolute Gasteiger partial charge is 0.407 e. The third-order valence-electron chi connectivity index (χ3n) is 3.20. The number of hydrogen-bond acceptors (Lipinski definition) is 4. The van der Waals surface area contributed by atoms with E-state index in [-0.39, 0.29) is 19.7 Å². The monoisotopic (exact) mass is 316 g/mol. The molecule has 116 valence electrons. The lowest BCUT2D eigenvalue weighted by molar-refractivity contribution is 0.131. The van der Waals surface area contributed by atoms with E-state index in [1.165, 1.54) is 0 Å². The molecule has 1 aliphatic heterocycles. The first-order chi connectivity index (χ1) is 9.86. The fourth-order valence-electron chi connectivity index (χ4n) is 2.05. The topological polar surface area (TPSA) is 75.7 Å². The Balaban J connectivity index is 1.83. The van der Waals surface area contributed by atoms with E-state index in [4.69, 9.17) is 4.74 Å². The average Bonchev–Trinajstić information content (AvgIpc) is 2.79. The van der Waals surface area contributed by atoms with E-state index in [1.807, 2.05) is 18.2 Å². The second-order valence-corrected chi connectivity index (χ2v) is 6.89. The van der Waals surface area contributed by atoms with Crippen molar-refractivity contribution in [1.29, 1.82) is 0 Å². The van der Waals surface area contributed by atoms with E-state index in [2.05, 4.69) is 5.32 Å². The molecule has 0 saturated carbocycles. The summed E-state index contributed by atoms with van der Waals surface area (Å²) in [5.74, 6) is 0. The molecular formula is C13H17FN2O4S. The SMILES string of the molecule is CS(=O)(=O)N1C[C@H](NC(=O)OCc2ccccc2)[C@@H](F)C1. The van der Waals surface area contributed by atoms with Crippen LogP contribution in [0.5, 0.6) is 0 Å². The molecule has 0 spiro atoms. The summed E-state index contributed by atoms with van der Waals surface area (Å²) < 4.78 is 42.4. The number of rotatable bonds is 4. The van der Waals surface area contributed by atoms with E-state index >= 15 is 0 Å². The molecular weight excluding hydrogens is 299 g/mol. The molecule has 0 aliphatic carbocycles. The van der Waals surface area contributed by atoms with Gasteiger partial charge in [-0.05, 0) is 5.56 Å². The first-order valence-corrected chi connectivity index (χ1v) is 8.27. The van der Waals surface area contributed by atoms with Crippen LogP contribution >= 0.6 is 0 Å². The number of alkyl carbamates (subject to hydrolysis) is 1. The zero-order chi connectivity index (χ0) is 15.5. The van der Waals surface area contributed by atoms with Gasteiger partial charge in [0, 0.05) is 13.1 Å². The van der Waals surface area contributed by atoms with Crippen LogP contribution in [0.2, 0.25) is 0 Å². The average molecular weight is 316 g/mol. The van der Waals surface area contributed by atoms with E-state index < -0.39 is 28.3 Å². The molecule has 0 bridgehead atoms. The third kappa shape index (κ3) is 4.40. The van der Waals surface area contributed by atoms with Crippen LogP contribution in [0, 0.1) is 0 Å². The van der Waals surface area contributed by atoms with Crippen molar-refractivity contribution in [1.82, 2.24) is 9.62 Å². The summed E-state index contributed by atoms with van der Waals surface area (Å²) in [6.45, 7) is -0.255. The Morgan fingerprint density at radius 3 is 2.62 bits per heavy atom. The molecule has 1 aromatic carbocycles. The molecule has 1 fully saturated rings. The Kier molecular flexibility index (Phi) is 4.79. The zero-order valence-corrected chi connectivity index (χ0v) is 12.3. The molecule has 0 radical (unpaired) electrons. The summed E-state index contributed by atoms with van der Waals surface area (Å²) in [5.41, 5.74) is 0.814. The minimum Gasteiger partial charge on any atom is -0.445 e. The molecule has 1 heterocycles. The summed E-state index contributed by atoms with van der Waals surface area (Å²) in [7, 11) is -3.46. The Hall–Kier alpha value is -1.67. The highest BCUT2D eigenvalue weighted by Gasteiger charge is 2.38. The molecule has 1 N–H and O–H groups in total. The number of alkyl halides is 1. The highest BCUT2D eigenvalue weighted by molar-refractivity contribution is 7.88. The number of benzene rings is 1. The van der Waals surface area contributed by atoms with E-state index in [9.17, 15) is 17.6 Å². The largest absolute Gasteiger partial charge is 0.445 e. The fourth-order valence-corrected chi connectivity index (χ4v) is 2.90. The van der Waals surface area contributed by atoms with Crippen molar-refractivity contribution in [3.63, 3.8) is 0 Å². The molecule has 1 saturated heterocycles. The van der Waals surface area contributed by atoms with Crippen LogP contribution in [-0.2, 0) is 21.4 Å². The number of amides is 1. The first-order valence-electron chi connectivity index (χ1n) is 6.42. The van der Waals surface area contributed by atoms with Crippen LogP contribution in [0.25, 0.3) is 0 Å². The summed E-state index contributed by atoms with van der Waals surface area (Å²) in [6.07, 6.45) is -1.19. The minimum atomic E-state index is -3.46. The lowest BCUT2D eigenvalue weighted by atomic mass is 10.2. The van der Waals surface area contributed by atoms with Crippen molar-refractivity contribution in [2.24, 2.45) is 0 Å². The van der Waals surface area contributed by atoms with Gasteiger partial charge in [0.1, 0.15) is 12.8 Å². The predicted octanol–water partition coefficient (Wildman–Crippen LogP) is 0.895. The Morgan fingerprint density at radius 2 is 2.05 bits per heavy atom. The van der Waals surface area contributed by atoms with Gasteiger partial charge in [0.2, 0.25) is 10.0 Å². The Bertz CT molecular complexity index is 593. The van der Waals surface area contributed by atoms with Gasteiger partial charge in [0.25, 0.3) is 0 Å². The molecule has 2 rings (SSSR count). The van der Waals surface area contributed by atoms with Crippen molar-refractivity contribution in [2.45, 2.75) is 18.8 Å². The minimum absolute atomic E-state index is 0.0755. The normalized spacial score (nSPS) is 23.0. The molecule has 1 amide bonds. The van der Waals surface area contributed by atoms with Gasteiger partial charge >= 0.3 is 6.09 Å². The molecule has 1 aromatic rings. The van der Waals surface area contributed by atoms with Gasteiger partial charge in [-0.1, -0.05) is 30.3 Å². The number of carbonyl (C=O) groups excluding carboxylic acids is 1. The molecule has 1 aliphatic rings. The van der Waals surface area contributed by atoms with Crippen molar-refractivity contribution in [3.05, 3.63) is 35.9 Å². The molecule has 21 heavy (non-hydrogen) atoms. The maximum Gasteiger partial charge on any atom is 0.407 e. The molecule has 0 aromatic heterocycles. The second-order valence-electron chi connectivity index (χ2n) is 4.91. The summed E-state index contributed by atoms with van der Waals surface area (Å²) in [6, 6.07) is 8.18. The fraction of sp³-hybridized carbons (Fsp3) is 0.462. The number of sulfonamides is 1. The third-order valence-corrected chi connectivity index (χ3v) is 4.44. The molecule has 8 heteroatoms. The highest BCUT2D eigenvalue weighted by Crippen LogP contribution is 2.16. The van der Waals surface area contributed by atoms with Gasteiger partial charge in [-0.3, -0.25) is 0 Å². The van der Waals surface area contributed by atoms with Crippen LogP contribution in [0.4, 0.5) is 9.18 Å². The lowest BCUT2D eigenvalue weighted by Crippen LogP contribution is -2.41. The van der Waals surface area contributed by atoms with Gasteiger partial charge in [-0.15, -0.1) is 0 Å². The van der Waals surface area contributed by atoms with Crippen LogP contribution in [0.1, 0.15) is 5.56 Å². The van der Waals surface area contributed by atoms with E-state index in [0.29, 0.717) is 0 Å². The van der Waals surface area contributed by atoms with E-state index in [0.717, 1.165) is 16.1 Å². The van der Waals surface area contributed by atoms with Gasteiger partial charge < -0.3 is 10.1 Å². The summed E-state index contributed by atoms with van der Waals surface area (Å²) in [5, 5.41) is 2.36. The number of nitrogens with one attached hydrogen (secondary N) is 1. The highest BCUT2D eigenvalue weighted by atomic mass is 32.2. The molecule has 6 nitrogen and oxygen atoms in total. The second kappa shape index (κ2) is 6.40. The number of halogens is 1. The quantitative estimate of drug-likeness (QED) is 0.895. The Labute approximate surface area is 122 Å². The number of hydrogen-bond donors (Lipinski definition) is 1. The zero-order valence-electron chi connectivity index (χ0n) is 11.5. The molecule has 2 atom stereocenters. The van der Waals surface area contributed by atoms with Gasteiger partial charge in [-0.25, -0.2) is 17.6 Å². The van der Waals surface area contributed by atoms with Crippen LogP contribution in [-0.4, -0.2) is 50.4 Å². The predicted molar refractivity (Wildman–Crippen MR) is 74.9 cm³/mol. The van der Waals surface area contributed by atoms with Crippen LogP contribution < -0.4 is 5.32 Å².